The summed E-state index contributed by atoms with van der Waals surface area (Å²) in [7, 11) is 1.48. The van der Waals surface area contributed by atoms with Crippen molar-refractivity contribution in [2.24, 2.45) is 0 Å². The summed E-state index contributed by atoms with van der Waals surface area (Å²) >= 11 is 0. The maximum Gasteiger partial charge on any atom is 0.260 e. The molecule has 0 saturated heterocycles. The smallest absolute Gasteiger partial charge is 0.260 e. The summed E-state index contributed by atoms with van der Waals surface area (Å²) in [6.45, 7) is 1.96. The Balaban J connectivity index is 1.96. The lowest BCUT2D eigenvalue weighted by Gasteiger charge is -2.13. The molecule has 0 bridgehead atoms. The molecule has 2 aromatic carbocycles. The van der Waals surface area contributed by atoms with Gasteiger partial charge in [0, 0.05) is 18.2 Å². The Bertz CT molecular complexity index is 954. The van der Waals surface area contributed by atoms with Crippen molar-refractivity contribution in [1.82, 2.24) is 4.98 Å². The maximum atomic E-state index is 13.0. The van der Waals surface area contributed by atoms with Gasteiger partial charge in [-0.1, -0.05) is 17.7 Å². The Labute approximate surface area is 143 Å². The van der Waals surface area contributed by atoms with Crippen molar-refractivity contribution in [3.63, 3.8) is 0 Å². The molecule has 1 heterocycles. The molecule has 0 unspecified atom stereocenters. The first-order chi connectivity index (χ1) is 12.0. The molecule has 0 saturated carbocycles. The van der Waals surface area contributed by atoms with Gasteiger partial charge in [-0.15, -0.1) is 0 Å². The highest BCUT2D eigenvalue weighted by Crippen LogP contribution is 2.28. The molecule has 6 heteroatoms. The van der Waals surface area contributed by atoms with Crippen LogP contribution in [0.2, 0.25) is 0 Å². The molecule has 3 rings (SSSR count). The fourth-order valence-corrected chi connectivity index (χ4v) is 2.31. The monoisotopic (exact) mass is 335 g/mol. The van der Waals surface area contributed by atoms with Gasteiger partial charge in [-0.2, -0.15) is 10.2 Å². The largest absolute Gasteiger partial charge is 0.419 e. The molecule has 1 amide bonds. The molecule has 0 aliphatic carbocycles. The Morgan fingerprint density at radius 1 is 1.16 bits per heavy atom. The molecule has 0 radical (unpaired) electrons. The predicted molar refractivity (Wildman–Crippen MR) is 90.5 cm³/mol. The van der Waals surface area contributed by atoms with Crippen molar-refractivity contribution in [3.8, 4) is 17.5 Å². The van der Waals surface area contributed by atoms with E-state index in [2.05, 4.69) is 4.98 Å². The van der Waals surface area contributed by atoms with Crippen LogP contribution in [0.4, 0.5) is 10.3 Å². The quantitative estimate of drug-likeness (QED) is 0.727. The number of oxazole rings is 1. The zero-order chi connectivity index (χ0) is 18.0. The van der Waals surface area contributed by atoms with E-state index in [9.17, 15) is 14.4 Å². The van der Waals surface area contributed by atoms with Crippen LogP contribution in [0.3, 0.4) is 0 Å². The number of benzene rings is 2. The Morgan fingerprint density at radius 3 is 2.40 bits per heavy atom. The molecule has 0 fully saturated rings. The fraction of sp³-hybridized carbons (Fsp3) is 0.105. The van der Waals surface area contributed by atoms with Crippen LogP contribution in [0, 0.1) is 24.1 Å². The summed E-state index contributed by atoms with van der Waals surface area (Å²) in [5.74, 6) is -0.556. The van der Waals surface area contributed by atoms with Gasteiger partial charge in [-0.3, -0.25) is 9.69 Å². The second-order valence-corrected chi connectivity index (χ2v) is 5.52. The molecular weight excluding hydrogens is 321 g/mol. The van der Waals surface area contributed by atoms with E-state index in [1.807, 2.05) is 37.3 Å². The Hall–Kier alpha value is -3.46. The summed E-state index contributed by atoms with van der Waals surface area (Å²) in [6.07, 6.45) is 0. The molecule has 0 spiro atoms. The van der Waals surface area contributed by atoms with Crippen LogP contribution in [0.15, 0.2) is 52.9 Å². The Kier molecular flexibility index (Phi) is 4.31. The molecule has 5 nitrogen and oxygen atoms in total. The first-order valence-electron chi connectivity index (χ1n) is 7.51. The van der Waals surface area contributed by atoms with Gasteiger partial charge in [0.1, 0.15) is 11.9 Å². The average molecular weight is 335 g/mol. The highest BCUT2D eigenvalue weighted by atomic mass is 19.1. The maximum absolute atomic E-state index is 13.0. The van der Waals surface area contributed by atoms with Crippen molar-refractivity contribution in [2.45, 2.75) is 6.92 Å². The topological polar surface area (TPSA) is 70.1 Å². The lowest BCUT2D eigenvalue weighted by atomic mass is 10.1. The first-order valence-corrected chi connectivity index (χ1v) is 7.51. The molecule has 3 aromatic rings. The number of aryl methyl sites for hydroxylation is 1. The highest BCUT2D eigenvalue weighted by Gasteiger charge is 2.23. The van der Waals surface area contributed by atoms with Crippen LogP contribution in [-0.4, -0.2) is 17.9 Å². The molecule has 0 aliphatic heterocycles. The number of carbonyl (C=O) groups excluding carboxylic acids is 1. The standard InChI is InChI=1S/C19H14FN3O2/c1-12-3-5-13(6-4-12)17-22-16(11-21)19(25-17)23(2)18(24)14-7-9-15(20)10-8-14/h3-10H,1-2H3. The zero-order valence-electron chi connectivity index (χ0n) is 13.7. The summed E-state index contributed by atoms with van der Waals surface area (Å²) in [5.41, 5.74) is 2.07. The number of rotatable bonds is 3. The van der Waals surface area contributed by atoms with E-state index in [0.29, 0.717) is 5.56 Å². The van der Waals surface area contributed by atoms with Crippen LogP contribution >= 0.6 is 0 Å². The molecule has 0 N–H and O–H groups in total. The van der Waals surface area contributed by atoms with E-state index in [1.54, 1.807) is 0 Å². The third kappa shape index (κ3) is 3.26. The molecule has 0 aliphatic rings. The van der Waals surface area contributed by atoms with Crippen LogP contribution in [0.5, 0.6) is 0 Å². The van der Waals surface area contributed by atoms with E-state index in [-0.39, 0.29) is 23.0 Å². The van der Waals surface area contributed by atoms with Crippen LogP contribution in [0.1, 0.15) is 21.6 Å². The van der Waals surface area contributed by atoms with Crippen molar-refractivity contribution >= 4 is 11.8 Å². The minimum atomic E-state index is -0.432. The number of hydrogen-bond acceptors (Lipinski definition) is 4. The van der Waals surface area contributed by atoms with Crippen LogP contribution in [0.25, 0.3) is 11.5 Å². The normalized spacial score (nSPS) is 10.3. The number of nitrogens with zero attached hydrogens (tertiary/aromatic N) is 3. The third-order valence-corrected chi connectivity index (χ3v) is 3.71. The zero-order valence-corrected chi connectivity index (χ0v) is 13.7. The molecule has 1 aromatic heterocycles. The van der Waals surface area contributed by atoms with Gasteiger partial charge >= 0.3 is 0 Å². The van der Waals surface area contributed by atoms with Gasteiger partial charge in [0.05, 0.1) is 0 Å². The predicted octanol–water partition coefficient (Wildman–Crippen LogP) is 3.94. The highest BCUT2D eigenvalue weighted by molar-refractivity contribution is 6.05. The van der Waals surface area contributed by atoms with Gasteiger partial charge in [-0.25, -0.2) is 4.39 Å². The van der Waals surface area contributed by atoms with E-state index >= 15 is 0 Å². The van der Waals surface area contributed by atoms with E-state index in [4.69, 9.17) is 4.42 Å². The lowest BCUT2D eigenvalue weighted by molar-refractivity contribution is 0.0989. The first kappa shape index (κ1) is 16.4. The van der Waals surface area contributed by atoms with Crippen LogP contribution in [-0.2, 0) is 0 Å². The van der Waals surface area contributed by atoms with Gasteiger partial charge in [0.15, 0.2) is 0 Å². The molecule has 124 valence electrons. The molecule has 25 heavy (non-hydrogen) atoms. The van der Waals surface area contributed by atoms with Crippen molar-refractivity contribution in [2.75, 3.05) is 11.9 Å². The summed E-state index contributed by atoms with van der Waals surface area (Å²) in [4.78, 5) is 17.9. The number of amides is 1. The second-order valence-electron chi connectivity index (χ2n) is 5.52. The van der Waals surface area contributed by atoms with Gasteiger partial charge in [0.2, 0.25) is 17.5 Å². The van der Waals surface area contributed by atoms with E-state index in [1.165, 1.54) is 36.2 Å². The molecule has 0 atom stereocenters. The van der Waals surface area contributed by atoms with E-state index < -0.39 is 11.7 Å². The number of halogens is 1. The Morgan fingerprint density at radius 2 is 1.80 bits per heavy atom. The molecular formula is C19H14FN3O2. The summed E-state index contributed by atoms with van der Waals surface area (Å²) < 4.78 is 18.7. The SMILES string of the molecule is Cc1ccc(-c2nc(C#N)c(N(C)C(=O)c3ccc(F)cc3)o2)cc1. The van der Waals surface area contributed by atoms with Crippen molar-refractivity contribution in [1.29, 1.82) is 5.26 Å². The van der Waals surface area contributed by atoms with Crippen molar-refractivity contribution in [3.05, 3.63) is 71.2 Å². The summed E-state index contributed by atoms with van der Waals surface area (Å²) in [6, 6.07) is 14.5. The fourth-order valence-electron chi connectivity index (χ4n) is 2.31. The third-order valence-electron chi connectivity index (χ3n) is 3.71. The van der Waals surface area contributed by atoms with Crippen LogP contribution < -0.4 is 4.90 Å². The van der Waals surface area contributed by atoms with Gasteiger partial charge in [0.25, 0.3) is 5.91 Å². The number of carbonyl (C=O) groups is 1. The van der Waals surface area contributed by atoms with E-state index in [0.717, 1.165) is 5.56 Å². The van der Waals surface area contributed by atoms with Gasteiger partial charge < -0.3 is 4.42 Å². The lowest BCUT2D eigenvalue weighted by Crippen LogP contribution is -2.26. The van der Waals surface area contributed by atoms with Gasteiger partial charge in [-0.05, 0) is 43.3 Å². The van der Waals surface area contributed by atoms with Crippen molar-refractivity contribution < 1.29 is 13.6 Å². The number of nitriles is 1. The number of anilines is 1. The summed E-state index contributed by atoms with van der Waals surface area (Å²) in [5, 5.41) is 9.30. The average Bonchev–Trinajstić information content (AvgIpc) is 3.06. The minimum Gasteiger partial charge on any atom is -0.419 e. The second kappa shape index (κ2) is 6.57. The minimum absolute atomic E-state index is 0.00790. The number of hydrogen-bond donors (Lipinski definition) is 0. The number of aromatic nitrogens is 1.